The molecule has 192 valence electrons. The number of fused-ring (bicyclic) bond motifs is 1. The average Bonchev–Trinajstić information content (AvgIpc) is 3.57. The van der Waals surface area contributed by atoms with Crippen molar-refractivity contribution in [3.8, 4) is 6.07 Å². The molecule has 1 aliphatic heterocycles. The van der Waals surface area contributed by atoms with Crippen LogP contribution < -0.4 is 21.6 Å². The van der Waals surface area contributed by atoms with Gasteiger partial charge in [-0.3, -0.25) is 9.99 Å². The van der Waals surface area contributed by atoms with Crippen molar-refractivity contribution in [3.05, 3.63) is 69.4 Å². The molecule has 37 heavy (non-hydrogen) atoms. The Morgan fingerprint density at radius 3 is 2.76 bits per heavy atom. The highest BCUT2D eigenvalue weighted by Gasteiger charge is 2.33. The first-order valence-electron chi connectivity index (χ1n) is 12.7. The summed E-state index contributed by atoms with van der Waals surface area (Å²) in [6.45, 7) is 8.83. The summed E-state index contributed by atoms with van der Waals surface area (Å²) in [5.74, 6) is 0. The fraction of sp³-hybridized carbons (Fsp3) is 0.370. The molecule has 5 rings (SSSR count). The van der Waals surface area contributed by atoms with Crippen LogP contribution in [0.5, 0.6) is 0 Å². The minimum Gasteiger partial charge on any atom is -0.383 e. The molecule has 1 atom stereocenters. The molecule has 2 aliphatic rings. The largest absolute Gasteiger partial charge is 0.383 e. The van der Waals surface area contributed by atoms with Crippen LogP contribution in [0, 0.1) is 23.7 Å². The molecule has 0 radical (unpaired) electrons. The van der Waals surface area contributed by atoms with Crippen LogP contribution in [0.25, 0.3) is 10.9 Å². The molecule has 0 bridgehead atoms. The summed E-state index contributed by atoms with van der Waals surface area (Å²) in [7, 11) is 0. The second-order valence-electron chi connectivity index (χ2n) is 10.6. The Hall–Kier alpha value is -3.25. The Morgan fingerprint density at radius 1 is 1.30 bits per heavy atom. The van der Waals surface area contributed by atoms with Crippen molar-refractivity contribution in [2.75, 3.05) is 17.2 Å². The molecule has 3 aromatic rings. The van der Waals surface area contributed by atoms with Gasteiger partial charge in [-0.2, -0.15) is 5.26 Å². The van der Waals surface area contributed by atoms with E-state index < -0.39 is 6.02 Å². The fourth-order valence-electron chi connectivity index (χ4n) is 4.18. The zero-order chi connectivity index (χ0) is 27.2. The van der Waals surface area contributed by atoms with Gasteiger partial charge in [0.25, 0.3) is 0 Å². The molecular weight excluding hydrogens is 507 g/mol. The number of halogens is 2. The van der Waals surface area contributed by atoms with Gasteiger partial charge in [0.05, 0.1) is 34.9 Å². The third kappa shape index (κ3) is 5.54. The Bertz CT molecular complexity index is 1470. The van der Waals surface area contributed by atoms with Crippen molar-refractivity contribution in [2.45, 2.75) is 52.6 Å². The molecule has 8 nitrogen and oxygen atoms in total. The number of hydrogen-bond acceptors (Lipinski definition) is 8. The molecule has 4 N–H and O–H groups in total. The monoisotopic (exact) mass is 537 g/mol. The van der Waals surface area contributed by atoms with E-state index in [1.54, 1.807) is 18.2 Å². The maximum Gasteiger partial charge on any atom is 0.129 e. The van der Waals surface area contributed by atoms with Crippen molar-refractivity contribution in [1.29, 1.82) is 5.26 Å². The molecule has 10 heteroatoms. The van der Waals surface area contributed by atoms with E-state index in [0.29, 0.717) is 67.6 Å². The molecule has 2 aromatic heterocycles. The van der Waals surface area contributed by atoms with Crippen molar-refractivity contribution >= 4 is 45.5 Å². The second kappa shape index (κ2) is 9.90. The van der Waals surface area contributed by atoms with Crippen LogP contribution in [0.3, 0.4) is 0 Å². The van der Waals surface area contributed by atoms with Gasteiger partial charge in [0, 0.05) is 47.3 Å². The number of benzene rings is 1. The van der Waals surface area contributed by atoms with Crippen LogP contribution in [0.2, 0.25) is 10.2 Å². The predicted molar refractivity (Wildman–Crippen MR) is 149 cm³/mol. The van der Waals surface area contributed by atoms with E-state index in [-0.39, 0.29) is 5.41 Å². The Balaban J connectivity index is 1.62. The summed E-state index contributed by atoms with van der Waals surface area (Å²) in [6.07, 6.45) is 5.64. The second-order valence-corrected chi connectivity index (χ2v) is 11.4. The maximum absolute atomic E-state index is 9.80. The van der Waals surface area contributed by atoms with E-state index in [2.05, 4.69) is 58.4 Å². The van der Waals surface area contributed by atoms with Crippen LogP contribution in [0.1, 0.15) is 57.8 Å². The van der Waals surface area contributed by atoms with E-state index >= 15 is 0 Å². The molecule has 0 spiro atoms. The van der Waals surface area contributed by atoms with Gasteiger partial charge in [-0.25, -0.2) is 4.98 Å². The van der Waals surface area contributed by atoms with E-state index in [0.717, 1.165) is 12.8 Å². The van der Waals surface area contributed by atoms with Crippen LogP contribution in [0.4, 0.5) is 11.4 Å². The number of anilines is 2. The standard InChI is InChI=1S/C27H30Cl2N8/c1-15-19(7-8-23(29)33-15)26(22-13-37(36-35-22)18-5-6-18)34-17-9-20-24(32-14-27(2,3)4)16(11-30)12-31-25(20)21(28)10-17/h7-10,12-13,18,26,34-36H,5-6,14H2,1-4H3,(H,31,32)/i26D. The first-order valence-corrected chi connectivity index (χ1v) is 12.9. The number of aryl methyl sites for hydroxylation is 1. The number of rotatable bonds is 7. The SMILES string of the molecule is [2H]C(Nc1cc(Cl)c2ncc(C#N)c(NCC(C)(C)C)c2c1)(C1=CN(C2CC2)NN1)c1ccc(Cl)nc1C. The van der Waals surface area contributed by atoms with Crippen molar-refractivity contribution < 1.29 is 1.37 Å². The number of nitrogens with zero attached hydrogens (tertiary/aromatic N) is 4. The molecule has 1 fully saturated rings. The predicted octanol–water partition coefficient (Wildman–Crippen LogP) is 6.06. The van der Waals surface area contributed by atoms with Crippen molar-refractivity contribution in [2.24, 2.45) is 5.41 Å². The first kappa shape index (κ1) is 24.1. The molecule has 1 unspecified atom stereocenters. The quantitative estimate of drug-likeness (QED) is 0.270. The third-order valence-corrected chi connectivity index (χ3v) is 6.73. The van der Waals surface area contributed by atoms with Crippen LogP contribution in [-0.2, 0) is 0 Å². The van der Waals surface area contributed by atoms with E-state index in [9.17, 15) is 6.63 Å². The summed E-state index contributed by atoms with van der Waals surface area (Å²) in [5, 5.41) is 20.1. The zero-order valence-corrected chi connectivity index (χ0v) is 22.7. The van der Waals surface area contributed by atoms with Crippen molar-refractivity contribution in [1.82, 2.24) is 25.9 Å². The van der Waals surface area contributed by atoms with Crippen LogP contribution in [-0.4, -0.2) is 27.6 Å². The molecule has 0 amide bonds. The third-order valence-electron chi connectivity index (χ3n) is 6.23. The average molecular weight is 539 g/mol. The highest BCUT2D eigenvalue weighted by molar-refractivity contribution is 6.35. The number of aromatic nitrogens is 2. The molecule has 0 saturated heterocycles. The van der Waals surface area contributed by atoms with Gasteiger partial charge in [-0.05, 0) is 43.4 Å². The number of nitriles is 1. The Labute approximate surface area is 228 Å². The van der Waals surface area contributed by atoms with Crippen molar-refractivity contribution in [3.63, 3.8) is 0 Å². The van der Waals surface area contributed by atoms with Gasteiger partial charge in [0.2, 0.25) is 0 Å². The van der Waals surface area contributed by atoms with Gasteiger partial charge in [0.15, 0.2) is 0 Å². The van der Waals surface area contributed by atoms with Gasteiger partial charge in [-0.15, -0.1) is 5.53 Å². The highest BCUT2D eigenvalue weighted by atomic mass is 35.5. The molecular formula is C27H30Cl2N8. The lowest BCUT2D eigenvalue weighted by Gasteiger charge is -2.24. The molecule has 3 heterocycles. The maximum atomic E-state index is 9.80. The van der Waals surface area contributed by atoms with Gasteiger partial charge < -0.3 is 16.1 Å². The highest BCUT2D eigenvalue weighted by Crippen LogP contribution is 2.37. The summed E-state index contributed by atoms with van der Waals surface area (Å²) >= 11 is 12.9. The van der Waals surface area contributed by atoms with E-state index in [4.69, 9.17) is 23.2 Å². The lowest BCUT2D eigenvalue weighted by Crippen LogP contribution is -2.38. The number of nitrogens with one attached hydrogen (secondary N) is 4. The summed E-state index contributed by atoms with van der Waals surface area (Å²) in [5.41, 5.74) is 10.4. The fourth-order valence-corrected chi connectivity index (χ4v) is 4.64. The van der Waals surface area contributed by atoms with E-state index in [1.165, 1.54) is 6.20 Å². The lowest BCUT2D eigenvalue weighted by molar-refractivity contribution is 0.260. The first-order chi connectivity index (χ1) is 18.0. The lowest BCUT2D eigenvalue weighted by atomic mass is 9.96. The minimum absolute atomic E-state index is 0.0154. The zero-order valence-electron chi connectivity index (χ0n) is 22.2. The van der Waals surface area contributed by atoms with Gasteiger partial charge in [-0.1, -0.05) is 50.0 Å². The smallest absolute Gasteiger partial charge is 0.129 e. The van der Waals surface area contributed by atoms with Crippen LogP contribution in [0.15, 0.2) is 42.4 Å². The Morgan fingerprint density at radius 2 is 2.08 bits per heavy atom. The Kier molecular flexibility index (Phi) is 6.45. The molecule has 1 saturated carbocycles. The number of hydrogen-bond donors (Lipinski definition) is 4. The molecule has 1 aromatic carbocycles. The minimum atomic E-state index is -1.46. The summed E-state index contributed by atoms with van der Waals surface area (Å²) in [6, 6.07) is 8.29. The number of pyridine rings is 2. The van der Waals surface area contributed by atoms with E-state index in [1.807, 2.05) is 24.2 Å². The summed E-state index contributed by atoms with van der Waals surface area (Å²) < 4.78 is 9.71. The topological polar surface area (TPSA) is 101 Å². The van der Waals surface area contributed by atoms with Gasteiger partial charge >= 0.3 is 0 Å². The van der Waals surface area contributed by atoms with Gasteiger partial charge in [0.1, 0.15) is 11.2 Å². The molecule has 1 aliphatic carbocycles. The summed E-state index contributed by atoms with van der Waals surface area (Å²) in [4.78, 5) is 8.86. The normalized spacial score (nSPS) is 17.5. The van der Waals surface area contributed by atoms with Crippen LogP contribution >= 0.6 is 23.2 Å². The number of hydrazine groups is 2.